The SMILES string of the molecule is CN(C)c1cc([N+](=O)[O-])nn1C. The highest BCUT2D eigenvalue weighted by molar-refractivity contribution is 5.43. The summed E-state index contributed by atoms with van der Waals surface area (Å²) in [4.78, 5) is 11.6. The van der Waals surface area contributed by atoms with E-state index in [2.05, 4.69) is 5.10 Å². The second-order valence-corrected chi connectivity index (χ2v) is 2.64. The van der Waals surface area contributed by atoms with Crippen molar-refractivity contribution in [3.8, 4) is 0 Å². The smallest absolute Gasteiger partial charge is 0.361 e. The molecule has 0 amide bonds. The van der Waals surface area contributed by atoms with Crippen LogP contribution in [0.15, 0.2) is 6.07 Å². The summed E-state index contributed by atoms with van der Waals surface area (Å²) in [6.07, 6.45) is 0. The summed E-state index contributed by atoms with van der Waals surface area (Å²) in [6.45, 7) is 0. The quantitative estimate of drug-likeness (QED) is 0.476. The first kappa shape index (κ1) is 8.51. The summed E-state index contributed by atoms with van der Waals surface area (Å²) >= 11 is 0. The second-order valence-electron chi connectivity index (χ2n) is 2.64. The minimum Gasteiger partial charge on any atom is -0.361 e. The standard InChI is InChI=1S/C6H10N4O2/c1-8(2)6-4-5(10(11)12)7-9(6)3/h4H,1-3H3. The number of hydrogen-bond acceptors (Lipinski definition) is 4. The Morgan fingerprint density at radius 2 is 2.25 bits per heavy atom. The van der Waals surface area contributed by atoms with Crippen LogP contribution in [0.1, 0.15) is 0 Å². The molecule has 1 rings (SSSR count). The van der Waals surface area contributed by atoms with Crippen LogP contribution in [-0.2, 0) is 7.05 Å². The van der Waals surface area contributed by atoms with Crippen molar-refractivity contribution in [1.82, 2.24) is 9.78 Å². The van der Waals surface area contributed by atoms with E-state index in [1.54, 1.807) is 26.0 Å². The Morgan fingerprint density at radius 3 is 2.50 bits per heavy atom. The summed E-state index contributed by atoms with van der Waals surface area (Å²) in [5.41, 5.74) is 0. The van der Waals surface area contributed by atoms with Gasteiger partial charge in [0.05, 0.1) is 18.2 Å². The van der Waals surface area contributed by atoms with E-state index in [9.17, 15) is 10.1 Å². The molecule has 6 nitrogen and oxygen atoms in total. The van der Waals surface area contributed by atoms with Gasteiger partial charge >= 0.3 is 5.82 Å². The molecule has 0 aliphatic rings. The van der Waals surface area contributed by atoms with Crippen molar-refractivity contribution in [2.24, 2.45) is 7.05 Å². The van der Waals surface area contributed by atoms with E-state index in [0.29, 0.717) is 5.82 Å². The lowest BCUT2D eigenvalue weighted by atomic mass is 10.5. The lowest BCUT2D eigenvalue weighted by Crippen LogP contribution is -2.12. The molecule has 0 spiro atoms. The summed E-state index contributed by atoms with van der Waals surface area (Å²) in [6, 6.07) is 1.43. The molecule has 1 aromatic rings. The summed E-state index contributed by atoms with van der Waals surface area (Å²) in [5.74, 6) is 0.586. The number of aryl methyl sites for hydroxylation is 1. The number of hydrogen-bond donors (Lipinski definition) is 0. The van der Waals surface area contributed by atoms with Gasteiger partial charge in [-0.25, -0.2) is 0 Å². The van der Waals surface area contributed by atoms with Gasteiger partial charge in [-0.2, -0.15) is 4.68 Å². The number of anilines is 1. The van der Waals surface area contributed by atoms with Crippen LogP contribution in [0.2, 0.25) is 0 Å². The highest BCUT2D eigenvalue weighted by Crippen LogP contribution is 2.16. The lowest BCUT2D eigenvalue weighted by molar-refractivity contribution is -0.389. The third kappa shape index (κ3) is 1.36. The normalized spacial score (nSPS) is 9.92. The Morgan fingerprint density at radius 1 is 1.67 bits per heavy atom. The molecule has 0 saturated carbocycles. The summed E-state index contributed by atoms with van der Waals surface area (Å²) in [7, 11) is 5.28. The van der Waals surface area contributed by atoms with Crippen molar-refractivity contribution >= 4 is 11.6 Å². The molecule has 0 N–H and O–H groups in total. The summed E-state index contributed by atoms with van der Waals surface area (Å²) < 4.78 is 1.47. The zero-order chi connectivity index (χ0) is 9.30. The van der Waals surface area contributed by atoms with Crippen molar-refractivity contribution < 1.29 is 4.92 Å². The van der Waals surface area contributed by atoms with E-state index >= 15 is 0 Å². The molecule has 0 aliphatic carbocycles. The van der Waals surface area contributed by atoms with Crippen LogP contribution in [0.3, 0.4) is 0 Å². The predicted molar refractivity (Wildman–Crippen MR) is 44.2 cm³/mol. The molecule has 66 valence electrons. The van der Waals surface area contributed by atoms with Crippen LogP contribution in [0.5, 0.6) is 0 Å². The van der Waals surface area contributed by atoms with Gasteiger partial charge < -0.3 is 15.0 Å². The Bertz CT molecular complexity index is 304. The second kappa shape index (κ2) is 2.80. The molecule has 12 heavy (non-hydrogen) atoms. The molecule has 0 radical (unpaired) electrons. The average Bonchev–Trinajstić information content (AvgIpc) is 2.30. The molecule has 0 aromatic carbocycles. The van der Waals surface area contributed by atoms with E-state index in [4.69, 9.17) is 0 Å². The first-order chi connectivity index (χ1) is 5.52. The zero-order valence-corrected chi connectivity index (χ0v) is 7.18. The lowest BCUT2D eigenvalue weighted by Gasteiger charge is -2.07. The van der Waals surface area contributed by atoms with Gasteiger partial charge in [-0.3, -0.25) is 0 Å². The molecule has 1 aromatic heterocycles. The molecular formula is C6H10N4O2. The molecule has 1 heterocycles. The molecule has 0 saturated heterocycles. The highest BCUT2D eigenvalue weighted by atomic mass is 16.6. The fraction of sp³-hybridized carbons (Fsp3) is 0.500. The minimum atomic E-state index is -0.507. The molecule has 0 unspecified atom stereocenters. The Kier molecular flexibility index (Phi) is 1.99. The van der Waals surface area contributed by atoms with Crippen LogP contribution in [0.4, 0.5) is 11.6 Å². The van der Waals surface area contributed by atoms with Crippen molar-refractivity contribution in [2.75, 3.05) is 19.0 Å². The molecule has 0 aliphatic heterocycles. The van der Waals surface area contributed by atoms with Gasteiger partial charge in [0.1, 0.15) is 0 Å². The minimum absolute atomic E-state index is 0.124. The van der Waals surface area contributed by atoms with Crippen molar-refractivity contribution in [3.63, 3.8) is 0 Å². The van der Waals surface area contributed by atoms with Crippen molar-refractivity contribution in [3.05, 3.63) is 16.2 Å². The van der Waals surface area contributed by atoms with Gasteiger partial charge in [0.15, 0.2) is 5.82 Å². The Balaban J connectivity index is 3.09. The third-order valence-corrected chi connectivity index (χ3v) is 1.49. The number of nitrogens with zero attached hydrogens (tertiary/aromatic N) is 4. The van der Waals surface area contributed by atoms with Crippen LogP contribution >= 0.6 is 0 Å². The van der Waals surface area contributed by atoms with Gasteiger partial charge in [-0.15, -0.1) is 0 Å². The number of rotatable bonds is 2. The third-order valence-electron chi connectivity index (χ3n) is 1.49. The number of aromatic nitrogens is 2. The van der Waals surface area contributed by atoms with Gasteiger partial charge in [0.2, 0.25) is 0 Å². The van der Waals surface area contributed by atoms with Crippen LogP contribution < -0.4 is 4.90 Å². The maximum atomic E-state index is 10.3. The van der Waals surface area contributed by atoms with Gasteiger partial charge in [-0.1, -0.05) is 0 Å². The molecule has 0 atom stereocenters. The molecular weight excluding hydrogens is 160 g/mol. The topological polar surface area (TPSA) is 64.2 Å². The molecule has 0 bridgehead atoms. The van der Waals surface area contributed by atoms with E-state index in [1.165, 1.54) is 10.7 Å². The largest absolute Gasteiger partial charge is 0.392 e. The van der Waals surface area contributed by atoms with Crippen molar-refractivity contribution in [2.45, 2.75) is 0 Å². The Labute approximate surface area is 69.5 Å². The molecule has 0 fully saturated rings. The van der Waals surface area contributed by atoms with E-state index in [1.807, 2.05) is 0 Å². The van der Waals surface area contributed by atoms with Crippen LogP contribution in [0.25, 0.3) is 0 Å². The number of nitro groups is 1. The van der Waals surface area contributed by atoms with E-state index in [-0.39, 0.29) is 5.82 Å². The first-order valence-electron chi connectivity index (χ1n) is 3.38. The van der Waals surface area contributed by atoms with Crippen LogP contribution in [-0.4, -0.2) is 28.8 Å². The van der Waals surface area contributed by atoms with Gasteiger partial charge in [0.25, 0.3) is 0 Å². The Hall–Kier alpha value is -1.59. The highest BCUT2D eigenvalue weighted by Gasteiger charge is 2.16. The predicted octanol–water partition coefficient (Wildman–Crippen LogP) is 0.394. The van der Waals surface area contributed by atoms with Crippen LogP contribution in [0, 0.1) is 10.1 Å². The maximum Gasteiger partial charge on any atom is 0.392 e. The maximum absolute atomic E-state index is 10.3. The fourth-order valence-corrected chi connectivity index (χ4v) is 0.950. The first-order valence-corrected chi connectivity index (χ1v) is 3.38. The zero-order valence-electron chi connectivity index (χ0n) is 7.18. The van der Waals surface area contributed by atoms with Gasteiger partial charge in [-0.05, 0) is 4.92 Å². The summed E-state index contributed by atoms with van der Waals surface area (Å²) in [5, 5.41) is 14.0. The molecule has 6 heteroatoms. The van der Waals surface area contributed by atoms with E-state index in [0.717, 1.165) is 0 Å². The van der Waals surface area contributed by atoms with E-state index < -0.39 is 4.92 Å². The fourth-order valence-electron chi connectivity index (χ4n) is 0.950. The monoisotopic (exact) mass is 170 g/mol. The van der Waals surface area contributed by atoms with Crippen molar-refractivity contribution in [1.29, 1.82) is 0 Å². The van der Waals surface area contributed by atoms with Gasteiger partial charge in [0, 0.05) is 14.1 Å². The average molecular weight is 170 g/mol.